The molecule has 0 heterocycles. The fourth-order valence-corrected chi connectivity index (χ4v) is 3.71. The van der Waals surface area contributed by atoms with E-state index in [1.165, 1.54) is 0 Å². The highest BCUT2D eigenvalue weighted by Crippen LogP contribution is 2.22. The summed E-state index contributed by atoms with van der Waals surface area (Å²) in [6.45, 7) is 16.3. The minimum absolute atomic E-state index is 0.130. The summed E-state index contributed by atoms with van der Waals surface area (Å²) in [4.78, 5) is 11.7. The summed E-state index contributed by atoms with van der Waals surface area (Å²) in [6.07, 6.45) is 2.42. The van der Waals surface area contributed by atoms with E-state index in [2.05, 4.69) is 13.2 Å². The quantitative estimate of drug-likeness (QED) is 0.239. The van der Waals surface area contributed by atoms with Crippen LogP contribution in [0, 0.1) is 0 Å². The lowest BCUT2D eigenvalue weighted by molar-refractivity contribution is -0.135. The molecule has 0 unspecified atom stereocenters. The zero-order valence-corrected chi connectivity index (χ0v) is 14.7. The SMILES string of the molecule is C=C(C)C(=O)OC(=C)[Si](OCCC)(OCCC)OCCC. The topological polar surface area (TPSA) is 54.0 Å². The van der Waals surface area contributed by atoms with Crippen LogP contribution in [0.2, 0.25) is 0 Å². The third-order valence-corrected chi connectivity index (χ3v) is 4.93. The van der Waals surface area contributed by atoms with Crippen molar-refractivity contribution in [3.8, 4) is 0 Å². The molecule has 0 bridgehead atoms. The van der Waals surface area contributed by atoms with Gasteiger partial charge in [0.2, 0.25) is 0 Å². The standard InChI is InChI=1S/C15H28O5Si/c1-7-10-17-21(18-11-8-2,19-12-9-3)14(6)20-15(16)13(4)5/h4,6-12H2,1-3,5H3. The second-order valence-corrected chi connectivity index (χ2v) is 7.23. The molecule has 0 saturated carbocycles. The zero-order chi connectivity index (χ0) is 16.3. The number of ether oxygens (including phenoxy) is 1. The van der Waals surface area contributed by atoms with Crippen LogP contribution >= 0.6 is 0 Å². The first kappa shape index (κ1) is 20.0. The van der Waals surface area contributed by atoms with Gasteiger partial charge in [-0.2, -0.15) is 0 Å². The first-order valence-electron chi connectivity index (χ1n) is 7.42. The highest BCUT2D eigenvalue weighted by Gasteiger charge is 2.48. The van der Waals surface area contributed by atoms with Gasteiger partial charge in [-0.25, -0.2) is 4.79 Å². The molecule has 0 amide bonds. The Morgan fingerprint density at radius 3 is 1.57 bits per heavy atom. The minimum atomic E-state index is -3.25. The van der Waals surface area contributed by atoms with Crippen LogP contribution in [-0.4, -0.2) is 34.6 Å². The first-order valence-corrected chi connectivity index (χ1v) is 9.14. The third-order valence-electron chi connectivity index (χ3n) is 2.39. The summed E-state index contributed by atoms with van der Waals surface area (Å²) in [6, 6.07) is 0. The Kier molecular flexibility index (Phi) is 10.2. The number of hydrogen-bond acceptors (Lipinski definition) is 5. The van der Waals surface area contributed by atoms with E-state index >= 15 is 0 Å². The highest BCUT2D eigenvalue weighted by atomic mass is 28.4. The maximum absolute atomic E-state index is 11.7. The molecule has 6 heteroatoms. The monoisotopic (exact) mass is 316 g/mol. The second-order valence-electron chi connectivity index (χ2n) is 4.69. The largest absolute Gasteiger partial charge is 0.573 e. The average molecular weight is 316 g/mol. The van der Waals surface area contributed by atoms with E-state index in [0.717, 1.165) is 19.3 Å². The molecule has 0 aromatic heterocycles. The molecule has 0 N–H and O–H groups in total. The lowest BCUT2D eigenvalue weighted by Gasteiger charge is -2.29. The number of hydrogen-bond donors (Lipinski definition) is 0. The summed E-state index contributed by atoms with van der Waals surface area (Å²) < 4.78 is 22.7. The van der Waals surface area contributed by atoms with Gasteiger partial charge in [0.1, 0.15) is 0 Å². The van der Waals surface area contributed by atoms with Gasteiger partial charge in [0, 0.05) is 25.4 Å². The molecule has 0 aromatic rings. The van der Waals surface area contributed by atoms with Crippen molar-refractivity contribution in [1.29, 1.82) is 0 Å². The van der Waals surface area contributed by atoms with Gasteiger partial charge in [-0.1, -0.05) is 33.9 Å². The van der Waals surface area contributed by atoms with Crippen LogP contribution in [-0.2, 0) is 22.8 Å². The van der Waals surface area contributed by atoms with E-state index < -0.39 is 14.8 Å². The summed E-state index contributed by atoms with van der Waals surface area (Å²) >= 11 is 0. The summed E-state index contributed by atoms with van der Waals surface area (Å²) in [5.74, 6) is -0.544. The lowest BCUT2D eigenvalue weighted by Crippen LogP contribution is -2.50. The molecule has 0 aliphatic heterocycles. The molecule has 0 saturated heterocycles. The first-order chi connectivity index (χ1) is 9.93. The Hall–Kier alpha value is -0.953. The Morgan fingerprint density at radius 2 is 1.29 bits per heavy atom. The van der Waals surface area contributed by atoms with Gasteiger partial charge >= 0.3 is 14.8 Å². The van der Waals surface area contributed by atoms with Gasteiger partial charge < -0.3 is 18.0 Å². The predicted molar refractivity (Wildman–Crippen MR) is 84.5 cm³/mol. The smallest absolute Gasteiger partial charge is 0.425 e. The maximum Gasteiger partial charge on any atom is 0.573 e. The van der Waals surface area contributed by atoms with E-state index in [9.17, 15) is 4.79 Å². The van der Waals surface area contributed by atoms with Gasteiger partial charge in [0.05, 0.1) is 0 Å². The van der Waals surface area contributed by atoms with E-state index in [1.54, 1.807) is 6.92 Å². The van der Waals surface area contributed by atoms with Crippen molar-refractivity contribution < 1.29 is 22.8 Å². The molecular formula is C15H28O5Si. The Labute approximate surface area is 129 Å². The van der Waals surface area contributed by atoms with Gasteiger partial charge in [0.15, 0.2) is 5.38 Å². The number of carbonyl (C=O) groups excluding carboxylic acids is 1. The number of carbonyl (C=O) groups is 1. The van der Waals surface area contributed by atoms with Crippen molar-refractivity contribution in [1.82, 2.24) is 0 Å². The minimum Gasteiger partial charge on any atom is -0.425 e. The van der Waals surface area contributed by atoms with Crippen molar-refractivity contribution >= 4 is 14.8 Å². The van der Waals surface area contributed by atoms with Gasteiger partial charge in [-0.3, -0.25) is 0 Å². The Balaban J connectivity index is 5.12. The van der Waals surface area contributed by atoms with Crippen molar-refractivity contribution in [2.75, 3.05) is 19.8 Å². The lowest BCUT2D eigenvalue weighted by atomic mass is 10.4. The average Bonchev–Trinajstić information content (AvgIpc) is 2.46. The molecule has 122 valence electrons. The second kappa shape index (κ2) is 10.7. The number of esters is 1. The molecule has 0 atom stereocenters. The Bertz CT molecular complexity index is 332. The molecule has 0 aliphatic rings. The van der Waals surface area contributed by atoms with E-state index in [4.69, 9.17) is 18.0 Å². The normalized spacial score (nSPS) is 11.2. The van der Waals surface area contributed by atoms with E-state index in [-0.39, 0.29) is 5.38 Å². The fourth-order valence-electron chi connectivity index (χ4n) is 1.34. The van der Waals surface area contributed by atoms with Gasteiger partial charge in [0.25, 0.3) is 0 Å². The van der Waals surface area contributed by atoms with Crippen molar-refractivity contribution in [2.24, 2.45) is 0 Å². The van der Waals surface area contributed by atoms with Crippen molar-refractivity contribution in [3.05, 3.63) is 24.1 Å². The molecule has 0 aromatic carbocycles. The molecule has 21 heavy (non-hydrogen) atoms. The molecule has 5 nitrogen and oxygen atoms in total. The summed E-state index contributed by atoms with van der Waals surface area (Å²) in [7, 11) is -3.25. The van der Waals surface area contributed by atoms with E-state index in [1.807, 2.05) is 20.8 Å². The molecule has 0 radical (unpaired) electrons. The maximum atomic E-state index is 11.7. The van der Waals surface area contributed by atoms with Crippen molar-refractivity contribution in [3.63, 3.8) is 0 Å². The molecule has 0 aliphatic carbocycles. The van der Waals surface area contributed by atoms with E-state index in [0.29, 0.717) is 25.4 Å². The molecule has 0 spiro atoms. The molecule has 0 rings (SSSR count). The summed E-state index contributed by atoms with van der Waals surface area (Å²) in [5.41, 5.74) is 0.292. The van der Waals surface area contributed by atoms with Gasteiger partial charge in [-0.15, -0.1) is 0 Å². The van der Waals surface area contributed by atoms with Crippen molar-refractivity contribution in [2.45, 2.75) is 47.0 Å². The van der Waals surface area contributed by atoms with Crippen LogP contribution in [0.1, 0.15) is 47.0 Å². The zero-order valence-electron chi connectivity index (χ0n) is 13.7. The number of rotatable bonds is 12. The van der Waals surface area contributed by atoms with Crippen LogP contribution < -0.4 is 0 Å². The van der Waals surface area contributed by atoms with Crippen LogP contribution in [0.15, 0.2) is 24.1 Å². The third kappa shape index (κ3) is 7.04. The highest BCUT2D eigenvalue weighted by molar-refractivity contribution is 6.68. The summed E-state index contributed by atoms with van der Waals surface area (Å²) in [5, 5.41) is 0.130. The van der Waals surface area contributed by atoms with Crippen LogP contribution in [0.4, 0.5) is 0 Å². The van der Waals surface area contributed by atoms with Gasteiger partial charge in [-0.05, 0) is 26.2 Å². The van der Waals surface area contributed by atoms with Crippen LogP contribution in [0.25, 0.3) is 0 Å². The fraction of sp³-hybridized carbons (Fsp3) is 0.667. The molecule has 0 fully saturated rings. The molecular weight excluding hydrogens is 288 g/mol. The van der Waals surface area contributed by atoms with Crippen LogP contribution in [0.3, 0.4) is 0 Å². The van der Waals surface area contributed by atoms with Crippen LogP contribution in [0.5, 0.6) is 0 Å². The predicted octanol–water partition coefficient (Wildman–Crippen LogP) is 3.38. The Morgan fingerprint density at radius 1 is 0.905 bits per heavy atom.